The van der Waals surface area contributed by atoms with E-state index in [9.17, 15) is 14.4 Å². The van der Waals surface area contributed by atoms with Crippen molar-refractivity contribution in [3.63, 3.8) is 0 Å². The van der Waals surface area contributed by atoms with Gasteiger partial charge in [-0.3, -0.25) is 14.5 Å². The number of likely N-dealkylation sites (tertiary alicyclic amines) is 1. The van der Waals surface area contributed by atoms with Crippen molar-refractivity contribution in [3.05, 3.63) is 39.3 Å². The number of hydrogen-bond acceptors (Lipinski definition) is 6. The highest BCUT2D eigenvalue weighted by Gasteiger charge is 2.36. The van der Waals surface area contributed by atoms with Crippen molar-refractivity contribution in [3.8, 4) is 5.75 Å². The van der Waals surface area contributed by atoms with Crippen LogP contribution in [0.15, 0.2) is 22.5 Å². The number of carbonyl (C=O) groups is 2. The largest absolute Gasteiger partial charge is 0.496 e. The molecule has 1 saturated heterocycles. The molecular weight excluding hydrogens is 398 g/mol. The predicted molar refractivity (Wildman–Crippen MR) is 118 cm³/mol. The molecule has 1 amide bonds. The number of fused-ring (bicyclic) bond motifs is 1. The molecule has 0 radical (unpaired) electrons. The van der Waals surface area contributed by atoms with Crippen LogP contribution in [-0.2, 0) is 22.5 Å². The fraction of sp³-hybridized carbons (Fsp3) is 0.609. The van der Waals surface area contributed by atoms with Gasteiger partial charge in [-0.15, -0.1) is 0 Å². The van der Waals surface area contributed by atoms with Crippen LogP contribution in [0.4, 0.5) is 0 Å². The Balaban J connectivity index is 2.00. The van der Waals surface area contributed by atoms with Crippen molar-refractivity contribution in [2.24, 2.45) is 0 Å². The molecule has 3 rings (SSSR count). The Hall–Kier alpha value is -2.61. The van der Waals surface area contributed by atoms with Gasteiger partial charge in [0.1, 0.15) is 17.4 Å². The summed E-state index contributed by atoms with van der Waals surface area (Å²) in [6.45, 7) is 7.39. The lowest BCUT2D eigenvalue weighted by atomic mass is 9.99. The van der Waals surface area contributed by atoms with Crippen LogP contribution in [0.1, 0.15) is 49.2 Å². The third-order valence-electron chi connectivity index (χ3n) is 6.32. The van der Waals surface area contributed by atoms with Crippen LogP contribution >= 0.6 is 0 Å². The number of esters is 1. The van der Waals surface area contributed by atoms with Gasteiger partial charge in [-0.05, 0) is 33.1 Å². The molecule has 1 aromatic rings. The number of nitrogens with zero attached hydrogens (tertiary/aromatic N) is 3. The minimum atomic E-state index is -0.608. The molecule has 2 aliphatic heterocycles. The maximum Gasteiger partial charge on any atom is 0.328 e. The van der Waals surface area contributed by atoms with Gasteiger partial charge in [-0.1, -0.05) is 11.6 Å². The average Bonchev–Trinajstić information content (AvgIpc) is 3.00. The van der Waals surface area contributed by atoms with Crippen LogP contribution in [0.2, 0.25) is 0 Å². The van der Waals surface area contributed by atoms with Crippen molar-refractivity contribution in [2.45, 2.75) is 52.1 Å². The molecule has 1 atom stereocenters. The second-order valence-electron chi connectivity index (χ2n) is 8.22. The van der Waals surface area contributed by atoms with E-state index in [1.165, 1.54) is 25.9 Å². The van der Waals surface area contributed by atoms with Gasteiger partial charge in [0, 0.05) is 50.9 Å². The van der Waals surface area contributed by atoms with Crippen LogP contribution in [0.3, 0.4) is 0 Å². The summed E-state index contributed by atoms with van der Waals surface area (Å²) in [6, 6.07) is 0.781. The second kappa shape index (κ2) is 10.1. The van der Waals surface area contributed by atoms with E-state index in [-0.39, 0.29) is 17.2 Å². The maximum absolute atomic E-state index is 13.7. The van der Waals surface area contributed by atoms with Gasteiger partial charge in [0.15, 0.2) is 0 Å². The number of amides is 1. The SMILES string of the molecule is C/C=C(\C)CN1CCc2c(C(=O)N3CCCC[C@@H]3C(=O)OC)c(OC)cc(=O)n2CC1. The van der Waals surface area contributed by atoms with Crippen molar-refractivity contribution in [1.29, 1.82) is 0 Å². The Morgan fingerprint density at radius 1 is 1.16 bits per heavy atom. The van der Waals surface area contributed by atoms with Crippen molar-refractivity contribution in [1.82, 2.24) is 14.4 Å². The minimum Gasteiger partial charge on any atom is -0.496 e. The van der Waals surface area contributed by atoms with E-state index >= 15 is 0 Å². The summed E-state index contributed by atoms with van der Waals surface area (Å²) >= 11 is 0. The molecule has 1 fully saturated rings. The van der Waals surface area contributed by atoms with Gasteiger partial charge < -0.3 is 18.9 Å². The lowest BCUT2D eigenvalue weighted by molar-refractivity contribution is -0.147. The number of allylic oxidation sites excluding steroid dienone is 1. The lowest BCUT2D eigenvalue weighted by Crippen LogP contribution is -2.49. The van der Waals surface area contributed by atoms with Gasteiger partial charge in [0.05, 0.1) is 14.2 Å². The first kappa shape index (κ1) is 23.1. The molecule has 3 heterocycles. The van der Waals surface area contributed by atoms with Crippen LogP contribution in [0, 0.1) is 0 Å². The second-order valence-corrected chi connectivity index (χ2v) is 8.22. The van der Waals surface area contributed by atoms with Crippen molar-refractivity contribution in [2.75, 3.05) is 40.4 Å². The summed E-state index contributed by atoms with van der Waals surface area (Å²) in [5, 5.41) is 0. The Morgan fingerprint density at radius 2 is 1.94 bits per heavy atom. The molecule has 0 N–H and O–H groups in total. The van der Waals surface area contributed by atoms with Crippen molar-refractivity contribution < 1.29 is 19.1 Å². The topological polar surface area (TPSA) is 81.1 Å². The Kier molecular flexibility index (Phi) is 7.54. The minimum absolute atomic E-state index is 0.170. The fourth-order valence-electron chi connectivity index (χ4n) is 4.49. The Bertz CT molecular complexity index is 921. The van der Waals surface area contributed by atoms with E-state index in [1.54, 1.807) is 9.47 Å². The van der Waals surface area contributed by atoms with Crippen LogP contribution in [0.5, 0.6) is 5.75 Å². The zero-order chi connectivity index (χ0) is 22.5. The number of ether oxygens (including phenoxy) is 2. The molecule has 0 aliphatic carbocycles. The average molecular weight is 432 g/mol. The highest BCUT2D eigenvalue weighted by atomic mass is 16.5. The predicted octanol–water partition coefficient (Wildman–Crippen LogP) is 1.85. The summed E-state index contributed by atoms with van der Waals surface area (Å²) in [5.41, 5.74) is 2.17. The molecule has 0 aromatic carbocycles. The highest BCUT2D eigenvalue weighted by molar-refractivity contribution is 6.00. The first-order chi connectivity index (χ1) is 14.9. The summed E-state index contributed by atoms with van der Waals surface area (Å²) in [6.07, 6.45) is 4.91. The van der Waals surface area contributed by atoms with Gasteiger partial charge in [0.25, 0.3) is 11.5 Å². The van der Waals surface area contributed by atoms with E-state index in [4.69, 9.17) is 9.47 Å². The Morgan fingerprint density at radius 3 is 2.61 bits per heavy atom. The third kappa shape index (κ3) is 4.84. The van der Waals surface area contributed by atoms with E-state index in [0.717, 1.165) is 32.5 Å². The number of carbonyl (C=O) groups excluding carboxylic acids is 2. The molecule has 0 bridgehead atoms. The number of rotatable bonds is 5. The van der Waals surface area contributed by atoms with E-state index in [1.807, 2.05) is 6.92 Å². The normalized spacial score (nSPS) is 20.1. The van der Waals surface area contributed by atoms with Gasteiger partial charge in [0.2, 0.25) is 0 Å². The monoisotopic (exact) mass is 431 g/mol. The zero-order valence-corrected chi connectivity index (χ0v) is 19.0. The Labute approximate surface area is 183 Å². The molecule has 31 heavy (non-hydrogen) atoms. The molecule has 0 unspecified atom stereocenters. The number of piperidine rings is 1. The van der Waals surface area contributed by atoms with Crippen molar-refractivity contribution >= 4 is 11.9 Å². The lowest BCUT2D eigenvalue weighted by Gasteiger charge is -2.34. The van der Waals surface area contributed by atoms with Gasteiger partial charge in [-0.2, -0.15) is 0 Å². The summed E-state index contributed by atoms with van der Waals surface area (Å²) in [7, 11) is 2.81. The maximum atomic E-state index is 13.7. The molecule has 1 aromatic heterocycles. The molecular formula is C23H33N3O5. The fourth-order valence-corrected chi connectivity index (χ4v) is 4.49. The smallest absolute Gasteiger partial charge is 0.328 e. The number of hydrogen-bond donors (Lipinski definition) is 0. The number of aromatic nitrogens is 1. The quantitative estimate of drug-likeness (QED) is 0.523. The van der Waals surface area contributed by atoms with Crippen LogP contribution < -0.4 is 10.3 Å². The molecule has 0 saturated carbocycles. The van der Waals surface area contributed by atoms with E-state index < -0.39 is 12.0 Å². The number of methoxy groups -OCH3 is 2. The van der Waals surface area contributed by atoms with E-state index in [0.29, 0.717) is 37.2 Å². The summed E-state index contributed by atoms with van der Waals surface area (Å²) in [4.78, 5) is 42.7. The standard InChI is InChI=1S/C23H33N3O5/c1-5-16(2)15-24-11-9-17-21(19(30-3)14-20(27)25(17)13-12-24)22(28)26-10-7-6-8-18(26)23(29)31-4/h5,14,18H,6-13,15H2,1-4H3/b16-5+/t18-/m1/s1. The number of pyridine rings is 1. The van der Waals surface area contributed by atoms with Gasteiger partial charge >= 0.3 is 5.97 Å². The van der Waals surface area contributed by atoms with Crippen LogP contribution in [0.25, 0.3) is 0 Å². The third-order valence-corrected chi connectivity index (χ3v) is 6.32. The van der Waals surface area contributed by atoms with E-state index in [2.05, 4.69) is 17.9 Å². The summed E-state index contributed by atoms with van der Waals surface area (Å²) < 4.78 is 12.1. The molecule has 170 valence electrons. The molecule has 8 heteroatoms. The summed E-state index contributed by atoms with van der Waals surface area (Å²) in [5.74, 6) is -0.401. The zero-order valence-electron chi connectivity index (χ0n) is 19.0. The van der Waals surface area contributed by atoms with Gasteiger partial charge in [-0.25, -0.2) is 4.79 Å². The highest BCUT2D eigenvalue weighted by Crippen LogP contribution is 2.28. The molecule has 0 spiro atoms. The first-order valence-corrected chi connectivity index (χ1v) is 10.9. The molecule has 8 nitrogen and oxygen atoms in total. The first-order valence-electron chi connectivity index (χ1n) is 10.9. The van der Waals surface area contributed by atoms with Crippen LogP contribution in [-0.4, -0.2) is 72.7 Å². The molecule has 2 aliphatic rings.